The van der Waals surface area contributed by atoms with Crippen molar-refractivity contribution < 1.29 is 9.84 Å². The zero-order chi connectivity index (χ0) is 16.5. The highest BCUT2D eigenvalue weighted by Gasteiger charge is 2.13. The Labute approximate surface area is 142 Å². The van der Waals surface area contributed by atoms with Crippen LogP contribution in [-0.2, 0) is 0 Å². The lowest BCUT2D eigenvalue weighted by Gasteiger charge is -2.00. The van der Waals surface area contributed by atoms with Crippen LogP contribution < -0.4 is 4.74 Å². The predicted octanol–water partition coefficient (Wildman–Crippen LogP) is 4.13. The molecule has 1 aromatic carbocycles. The zero-order valence-corrected chi connectivity index (χ0v) is 13.6. The molecule has 1 N–H and O–H groups in total. The number of benzene rings is 1. The predicted molar refractivity (Wildman–Crippen MR) is 94.3 cm³/mol. The van der Waals surface area contributed by atoms with Crippen LogP contribution in [0.3, 0.4) is 0 Å². The largest absolute Gasteiger partial charge is 0.497 e. The van der Waals surface area contributed by atoms with Crippen molar-refractivity contribution in [1.29, 1.82) is 0 Å². The minimum Gasteiger partial charge on any atom is -0.497 e. The molecule has 0 aliphatic carbocycles. The van der Waals surface area contributed by atoms with Crippen LogP contribution in [0.25, 0.3) is 32.2 Å². The molecular weight excluding hydrogens is 322 g/mol. The van der Waals surface area contributed by atoms with E-state index in [0.29, 0.717) is 21.7 Å². The Morgan fingerprint density at radius 3 is 2.58 bits per heavy atom. The summed E-state index contributed by atoms with van der Waals surface area (Å²) in [6.45, 7) is 0. The standard InChI is InChI=1S/C18H13N3O2S/c1-23-12-7-5-11(6-8-12)15-10-14-16(24-15)18(22)21-17(20-14)13-4-2-3-9-19-13/h2-10H,1H3,(H,20,21,22). The molecule has 4 aromatic rings. The molecule has 118 valence electrons. The molecule has 0 saturated heterocycles. The van der Waals surface area contributed by atoms with E-state index in [9.17, 15) is 5.11 Å². The van der Waals surface area contributed by atoms with Gasteiger partial charge in [-0.1, -0.05) is 6.07 Å². The van der Waals surface area contributed by atoms with Gasteiger partial charge in [-0.15, -0.1) is 11.3 Å². The van der Waals surface area contributed by atoms with Crippen molar-refractivity contribution in [3.63, 3.8) is 0 Å². The van der Waals surface area contributed by atoms with Crippen LogP contribution >= 0.6 is 11.3 Å². The minimum atomic E-state index is -0.0228. The fourth-order valence-electron chi connectivity index (χ4n) is 2.42. The molecule has 3 aromatic heterocycles. The summed E-state index contributed by atoms with van der Waals surface area (Å²) in [4.78, 5) is 14.0. The van der Waals surface area contributed by atoms with Crippen LogP contribution in [0.4, 0.5) is 0 Å². The van der Waals surface area contributed by atoms with Crippen LogP contribution in [0, 0.1) is 0 Å². The fourth-order valence-corrected chi connectivity index (χ4v) is 3.41. The second kappa shape index (κ2) is 5.90. The van der Waals surface area contributed by atoms with E-state index in [0.717, 1.165) is 16.2 Å². The average Bonchev–Trinajstić information content (AvgIpc) is 3.07. The quantitative estimate of drug-likeness (QED) is 0.609. The lowest BCUT2D eigenvalue weighted by atomic mass is 10.2. The molecule has 0 atom stereocenters. The molecule has 0 bridgehead atoms. The molecule has 24 heavy (non-hydrogen) atoms. The summed E-state index contributed by atoms with van der Waals surface area (Å²) in [5.74, 6) is 1.20. The lowest BCUT2D eigenvalue weighted by molar-refractivity contribution is 0.415. The van der Waals surface area contributed by atoms with E-state index in [1.54, 1.807) is 13.3 Å². The first-order chi connectivity index (χ1) is 11.7. The highest BCUT2D eigenvalue weighted by atomic mass is 32.1. The number of thiophene rings is 1. The van der Waals surface area contributed by atoms with Crippen LogP contribution in [0.1, 0.15) is 0 Å². The lowest BCUT2D eigenvalue weighted by Crippen LogP contribution is -1.91. The second-order valence-electron chi connectivity index (χ2n) is 5.14. The van der Waals surface area contributed by atoms with Gasteiger partial charge in [0.15, 0.2) is 5.82 Å². The van der Waals surface area contributed by atoms with Crippen LogP contribution in [0.2, 0.25) is 0 Å². The van der Waals surface area contributed by atoms with Crippen molar-refractivity contribution in [2.45, 2.75) is 0 Å². The van der Waals surface area contributed by atoms with Crippen LogP contribution in [0.15, 0.2) is 54.7 Å². The topological polar surface area (TPSA) is 68.1 Å². The van der Waals surface area contributed by atoms with E-state index in [1.165, 1.54) is 11.3 Å². The summed E-state index contributed by atoms with van der Waals surface area (Å²) >= 11 is 1.46. The van der Waals surface area contributed by atoms with Gasteiger partial charge >= 0.3 is 0 Å². The molecule has 0 fully saturated rings. The summed E-state index contributed by atoms with van der Waals surface area (Å²) < 4.78 is 5.85. The van der Waals surface area contributed by atoms with Gasteiger partial charge in [0, 0.05) is 11.1 Å². The third-order valence-electron chi connectivity index (χ3n) is 3.62. The number of ether oxygens (including phenoxy) is 1. The van der Waals surface area contributed by atoms with Gasteiger partial charge in [0.05, 0.1) is 12.6 Å². The minimum absolute atomic E-state index is 0.0228. The summed E-state index contributed by atoms with van der Waals surface area (Å²) in [6.07, 6.45) is 1.68. The van der Waals surface area contributed by atoms with E-state index in [4.69, 9.17) is 4.74 Å². The maximum absolute atomic E-state index is 10.3. The van der Waals surface area contributed by atoms with Crippen molar-refractivity contribution in [3.05, 3.63) is 54.7 Å². The van der Waals surface area contributed by atoms with Crippen molar-refractivity contribution in [3.8, 4) is 33.6 Å². The Morgan fingerprint density at radius 2 is 1.88 bits per heavy atom. The third kappa shape index (κ3) is 2.57. The first-order valence-electron chi connectivity index (χ1n) is 7.31. The molecule has 6 heteroatoms. The number of rotatable bonds is 3. The maximum Gasteiger partial charge on any atom is 0.233 e. The SMILES string of the molecule is COc1ccc(-c2cc3nc(-c4ccccn4)nc(O)c3s2)cc1. The molecule has 0 spiro atoms. The molecule has 5 nitrogen and oxygen atoms in total. The number of fused-ring (bicyclic) bond motifs is 1. The Balaban J connectivity index is 1.81. The molecule has 0 unspecified atom stereocenters. The van der Waals surface area contributed by atoms with E-state index < -0.39 is 0 Å². The number of nitrogens with zero attached hydrogens (tertiary/aromatic N) is 3. The van der Waals surface area contributed by atoms with Crippen LogP contribution in [-0.4, -0.2) is 27.2 Å². The normalized spacial score (nSPS) is 10.9. The van der Waals surface area contributed by atoms with E-state index in [-0.39, 0.29) is 5.88 Å². The van der Waals surface area contributed by atoms with Gasteiger partial charge in [0.1, 0.15) is 16.1 Å². The monoisotopic (exact) mass is 335 g/mol. The molecule has 3 heterocycles. The molecule has 0 amide bonds. The first kappa shape index (κ1) is 14.6. The number of hydrogen-bond acceptors (Lipinski definition) is 6. The van der Waals surface area contributed by atoms with E-state index in [2.05, 4.69) is 15.0 Å². The van der Waals surface area contributed by atoms with E-state index in [1.807, 2.05) is 48.5 Å². The molecule has 0 aliphatic heterocycles. The van der Waals surface area contributed by atoms with Gasteiger partial charge in [-0.25, -0.2) is 4.98 Å². The third-order valence-corrected chi connectivity index (χ3v) is 4.79. The van der Waals surface area contributed by atoms with Gasteiger partial charge in [0.25, 0.3) is 0 Å². The first-order valence-corrected chi connectivity index (χ1v) is 8.12. The molecule has 0 radical (unpaired) electrons. The average molecular weight is 335 g/mol. The highest BCUT2D eigenvalue weighted by Crippen LogP contribution is 2.37. The number of hydrogen-bond donors (Lipinski definition) is 1. The summed E-state index contributed by atoms with van der Waals surface area (Å²) in [5.41, 5.74) is 2.38. The second-order valence-corrected chi connectivity index (χ2v) is 6.19. The Bertz CT molecular complexity index is 998. The maximum atomic E-state index is 10.3. The summed E-state index contributed by atoms with van der Waals surface area (Å²) in [5, 5.41) is 10.3. The molecule has 4 rings (SSSR count). The zero-order valence-electron chi connectivity index (χ0n) is 12.8. The Kier molecular flexibility index (Phi) is 3.59. The number of aromatic hydroxyl groups is 1. The summed E-state index contributed by atoms with van der Waals surface area (Å²) in [7, 11) is 1.64. The van der Waals surface area contributed by atoms with Gasteiger partial charge in [-0.05, 0) is 48.0 Å². The van der Waals surface area contributed by atoms with E-state index >= 15 is 0 Å². The molecule has 0 aliphatic rings. The highest BCUT2D eigenvalue weighted by molar-refractivity contribution is 7.22. The Morgan fingerprint density at radius 1 is 1.04 bits per heavy atom. The molecular formula is C18H13N3O2S. The summed E-state index contributed by atoms with van der Waals surface area (Å²) in [6, 6.07) is 15.2. The number of aromatic nitrogens is 3. The van der Waals surface area contributed by atoms with Crippen LogP contribution in [0.5, 0.6) is 11.6 Å². The molecule has 0 saturated carbocycles. The fraction of sp³-hybridized carbons (Fsp3) is 0.0556. The number of methoxy groups -OCH3 is 1. The van der Waals surface area contributed by atoms with Gasteiger partial charge in [-0.3, -0.25) is 4.98 Å². The van der Waals surface area contributed by atoms with Crippen molar-refractivity contribution in [2.24, 2.45) is 0 Å². The Hall–Kier alpha value is -2.99. The van der Waals surface area contributed by atoms with Crippen molar-refractivity contribution in [2.75, 3.05) is 7.11 Å². The van der Waals surface area contributed by atoms with Gasteiger partial charge in [-0.2, -0.15) is 4.98 Å². The van der Waals surface area contributed by atoms with Crippen molar-refractivity contribution in [1.82, 2.24) is 15.0 Å². The van der Waals surface area contributed by atoms with Gasteiger partial charge < -0.3 is 9.84 Å². The number of pyridine rings is 1. The smallest absolute Gasteiger partial charge is 0.233 e. The van der Waals surface area contributed by atoms with Crippen molar-refractivity contribution >= 4 is 21.6 Å². The van der Waals surface area contributed by atoms with Gasteiger partial charge in [0.2, 0.25) is 5.88 Å².